The summed E-state index contributed by atoms with van der Waals surface area (Å²) in [5.41, 5.74) is 2.00. The molecule has 6 nitrogen and oxygen atoms in total. The van der Waals surface area contributed by atoms with Gasteiger partial charge in [0.15, 0.2) is 0 Å². The highest BCUT2D eigenvalue weighted by Crippen LogP contribution is 2.42. The number of rotatable bonds is 6. The number of carbonyl (C=O) groups is 2. The van der Waals surface area contributed by atoms with Crippen LogP contribution in [0, 0.1) is 11.3 Å². The molecule has 0 aliphatic carbocycles. The molecule has 1 atom stereocenters. The number of nitrogens with one attached hydrogen (secondary N) is 1. The van der Waals surface area contributed by atoms with Crippen LogP contribution in [0.4, 0.5) is 11.4 Å². The second-order valence-corrected chi connectivity index (χ2v) is 9.53. The van der Waals surface area contributed by atoms with E-state index in [1.807, 2.05) is 48.5 Å². The molecular weight excluding hydrogens is 514 g/mol. The van der Waals surface area contributed by atoms with Crippen LogP contribution in [0.3, 0.4) is 0 Å². The second kappa shape index (κ2) is 10.6. The molecule has 1 aliphatic rings. The van der Waals surface area contributed by atoms with Crippen LogP contribution in [0.2, 0.25) is 0 Å². The van der Waals surface area contributed by atoms with Gasteiger partial charge in [-0.25, -0.2) is 0 Å². The molecule has 1 aliphatic heterocycles. The molecule has 4 rings (SSSR count). The van der Waals surface area contributed by atoms with Gasteiger partial charge in [-0.15, -0.1) is 0 Å². The van der Waals surface area contributed by atoms with Gasteiger partial charge in [0.25, 0.3) is 5.91 Å². The molecule has 0 aromatic heterocycles. The van der Waals surface area contributed by atoms with Gasteiger partial charge in [0.1, 0.15) is 22.4 Å². The standard InChI is InChI=1S/C26H20BrN3O3S/c1-33-21-13-11-19(12-14-21)29-24(31)22(16-28)26-30(20-5-3-2-4-6-20)25(32)23(34-26)15-17-7-9-18(27)10-8-17/h2-14,23H,15H2,1H3,(H,29,31). The average Bonchev–Trinajstić information content (AvgIpc) is 3.17. The molecular formula is C26H20BrN3O3S. The number of benzene rings is 3. The fourth-order valence-electron chi connectivity index (χ4n) is 3.50. The van der Waals surface area contributed by atoms with Crippen LogP contribution < -0.4 is 15.0 Å². The molecule has 1 unspecified atom stereocenters. The molecule has 3 aromatic rings. The zero-order valence-electron chi connectivity index (χ0n) is 18.2. The number of amides is 2. The maximum absolute atomic E-state index is 13.5. The lowest BCUT2D eigenvalue weighted by Gasteiger charge is -2.18. The Morgan fingerprint density at radius 3 is 2.38 bits per heavy atom. The number of ether oxygens (including phenoxy) is 1. The minimum Gasteiger partial charge on any atom is -0.497 e. The minimum atomic E-state index is -0.576. The van der Waals surface area contributed by atoms with Crippen LogP contribution in [0.15, 0.2) is 93.9 Å². The van der Waals surface area contributed by atoms with Crippen molar-refractivity contribution >= 4 is 50.9 Å². The van der Waals surface area contributed by atoms with E-state index < -0.39 is 11.2 Å². The number of methoxy groups -OCH3 is 1. The van der Waals surface area contributed by atoms with Gasteiger partial charge in [-0.2, -0.15) is 5.26 Å². The first kappa shape index (κ1) is 23.6. The minimum absolute atomic E-state index is 0.115. The Kier molecular flexibility index (Phi) is 7.36. The third kappa shape index (κ3) is 5.16. The van der Waals surface area contributed by atoms with E-state index in [4.69, 9.17) is 4.74 Å². The van der Waals surface area contributed by atoms with Gasteiger partial charge in [0.05, 0.1) is 12.4 Å². The fourth-order valence-corrected chi connectivity index (χ4v) is 5.07. The smallest absolute Gasteiger partial charge is 0.269 e. The van der Waals surface area contributed by atoms with E-state index in [9.17, 15) is 14.9 Å². The quantitative estimate of drug-likeness (QED) is 0.333. The molecule has 2 amide bonds. The van der Waals surface area contributed by atoms with Crippen molar-refractivity contribution in [2.45, 2.75) is 11.7 Å². The summed E-state index contributed by atoms with van der Waals surface area (Å²) in [7, 11) is 1.56. The molecule has 1 N–H and O–H groups in total. The fraction of sp³-hybridized carbons (Fsp3) is 0.115. The molecule has 34 heavy (non-hydrogen) atoms. The van der Waals surface area contributed by atoms with Crippen LogP contribution in [-0.2, 0) is 16.0 Å². The van der Waals surface area contributed by atoms with Gasteiger partial charge < -0.3 is 10.1 Å². The lowest BCUT2D eigenvalue weighted by Crippen LogP contribution is -2.30. The van der Waals surface area contributed by atoms with Gasteiger partial charge in [-0.1, -0.05) is 58.0 Å². The van der Waals surface area contributed by atoms with E-state index in [1.165, 1.54) is 16.7 Å². The van der Waals surface area contributed by atoms with Crippen molar-refractivity contribution < 1.29 is 14.3 Å². The van der Waals surface area contributed by atoms with Crippen molar-refractivity contribution in [3.8, 4) is 11.8 Å². The number of nitriles is 1. The number of hydrogen-bond donors (Lipinski definition) is 1. The van der Waals surface area contributed by atoms with E-state index in [-0.39, 0.29) is 11.5 Å². The summed E-state index contributed by atoms with van der Waals surface area (Å²) in [6.45, 7) is 0. The van der Waals surface area contributed by atoms with Crippen LogP contribution in [-0.4, -0.2) is 24.2 Å². The molecule has 1 heterocycles. The maximum Gasteiger partial charge on any atom is 0.269 e. The molecule has 8 heteroatoms. The lowest BCUT2D eigenvalue weighted by atomic mass is 10.1. The van der Waals surface area contributed by atoms with Gasteiger partial charge in [-0.3, -0.25) is 14.5 Å². The second-order valence-electron chi connectivity index (χ2n) is 7.42. The van der Waals surface area contributed by atoms with E-state index in [0.29, 0.717) is 28.6 Å². The maximum atomic E-state index is 13.5. The van der Waals surface area contributed by atoms with Crippen molar-refractivity contribution in [1.29, 1.82) is 5.26 Å². The number of para-hydroxylation sites is 1. The third-order valence-corrected chi connectivity index (χ3v) is 6.99. The van der Waals surface area contributed by atoms with Crippen molar-refractivity contribution in [3.05, 3.63) is 99.5 Å². The Morgan fingerprint density at radius 1 is 1.09 bits per heavy atom. The predicted molar refractivity (Wildman–Crippen MR) is 137 cm³/mol. The Bertz CT molecular complexity index is 1270. The molecule has 0 bridgehead atoms. The first-order valence-corrected chi connectivity index (χ1v) is 12.1. The van der Waals surface area contributed by atoms with Crippen molar-refractivity contribution in [2.75, 3.05) is 17.3 Å². The molecule has 0 saturated carbocycles. The number of nitrogens with zero attached hydrogens (tertiary/aromatic N) is 2. The van der Waals surface area contributed by atoms with Crippen LogP contribution in [0.25, 0.3) is 0 Å². The van der Waals surface area contributed by atoms with Gasteiger partial charge in [0, 0.05) is 15.8 Å². The van der Waals surface area contributed by atoms with Gasteiger partial charge >= 0.3 is 0 Å². The highest BCUT2D eigenvalue weighted by Gasteiger charge is 2.40. The first-order valence-electron chi connectivity index (χ1n) is 10.4. The number of thioether (sulfide) groups is 1. The number of anilines is 2. The average molecular weight is 534 g/mol. The SMILES string of the molecule is COc1ccc(NC(=O)C(C#N)=C2SC(Cc3ccc(Br)cc3)C(=O)N2c2ccccc2)cc1. The molecule has 3 aromatic carbocycles. The topological polar surface area (TPSA) is 82.4 Å². The summed E-state index contributed by atoms with van der Waals surface area (Å²) >= 11 is 4.66. The molecule has 170 valence electrons. The summed E-state index contributed by atoms with van der Waals surface area (Å²) in [5.74, 6) is -0.0906. The Balaban J connectivity index is 1.68. The largest absolute Gasteiger partial charge is 0.497 e. The van der Waals surface area contributed by atoms with E-state index in [0.717, 1.165) is 10.0 Å². The summed E-state index contributed by atoms with van der Waals surface area (Å²) in [5, 5.41) is 12.5. The lowest BCUT2D eigenvalue weighted by molar-refractivity contribution is -0.117. The third-order valence-electron chi connectivity index (χ3n) is 5.20. The molecule has 1 fully saturated rings. The summed E-state index contributed by atoms with van der Waals surface area (Å²) in [4.78, 5) is 28.0. The van der Waals surface area contributed by atoms with Crippen molar-refractivity contribution in [1.82, 2.24) is 0 Å². The molecule has 1 saturated heterocycles. The predicted octanol–water partition coefficient (Wildman–Crippen LogP) is 5.52. The number of carbonyl (C=O) groups excluding carboxylic acids is 2. The van der Waals surface area contributed by atoms with Crippen molar-refractivity contribution in [2.24, 2.45) is 0 Å². The van der Waals surface area contributed by atoms with Crippen LogP contribution in [0.5, 0.6) is 5.75 Å². The van der Waals surface area contributed by atoms with Crippen molar-refractivity contribution in [3.63, 3.8) is 0 Å². The summed E-state index contributed by atoms with van der Waals surface area (Å²) in [6.07, 6.45) is 0.475. The first-order chi connectivity index (χ1) is 16.5. The van der Waals surface area contributed by atoms with Crippen LogP contribution >= 0.6 is 27.7 Å². The van der Waals surface area contributed by atoms with Crippen LogP contribution in [0.1, 0.15) is 5.56 Å². The Labute approximate surface area is 210 Å². The Morgan fingerprint density at radius 2 is 1.76 bits per heavy atom. The molecule has 0 spiro atoms. The summed E-state index contributed by atoms with van der Waals surface area (Å²) in [6, 6.07) is 25.6. The summed E-state index contributed by atoms with van der Waals surface area (Å²) < 4.78 is 6.10. The van der Waals surface area contributed by atoms with Gasteiger partial charge in [0.2, 0.25) is 5.91 Å². The molecule has 0 radical (unpaired) electrons. The number of halogens is 1. The zero-order chi connectivity index (χ0) is 24.1. The van der Waals surface area contributed by atoms with E-state index in [2.05, 4.69) is 21.2 Å². The van der Waals surface area contributed by atoms with E-state index in [1.54, 1.807) is 43.5 Å². The van der Waals surface area contributed by atoms with Gasteiger partial charge in [-0.05, 0) is 60.5 Å². The highest BCUT2D eigenvalue weighted by molar-refractivity contribution is 9.10. The normalized spacial score (nSPS) is 16.7. The monoisotopic (exact) mass is 533 g/mol. The Hall–Kier alpha value is -3.54. The number of hydrogen-bond acceptors (Lipinski definition) is 5. The van der Waals surface area contributed by atoms with E-state index >= 15 is 0 Å². The zero-order valence-corrected chi connectivity index (χ0v) is 20.6. The highest BCUT2D eigenvalue weighted by atomic mass is 79.9.